The highest BCUT2D eigenvalue weighted by Crippen LogP contribution is 2.45. The van der Waals surface area contributed by atoms with E-state index in [4.69, 9.17) is 4.74 Å². The minimum Gasteiger partial charge on any atom is -0.489 e. The molecule has 1 aliphatic rings. The van der Waals surface area contributed by atoms with Crippen LogP contribution < -0.4 is 10.2 Å². The lowest BCUT2D eigenvalue weighted by Gasteiger charge is -2.19. The minimum atomic E-state index is -0.0418. The van der Waals surface area contributed by atoms with Gasteiger partial charge in [0.05, 0.1) is 30.0 Å². The van der Waals surface area contributed by atoms with Gasteiger partial charge in [0.1, 0.15) is 5.75 Å². The third kappa shape index (κ3) is 6.24. The molecule has 1 fully saturated rings. The molecule has 0 saturated carbocycles. The molecule has 8 heteroatoms. The fourth-order valence-corrected chi connectivity index (χ4v) is 7.07. The van der Waals surface area contributed by atoms with E-state index >= 15 is 0 Å². The molecule has 0 unspecified atom stereocenters. The summed E-state index contributed by atoms with van der Waals surface area (Å²) >= 11 is 8.22. The van der Waals surface area contributed by atoms with Crippen LogP contribution in [-0.4, -0.2) is 33.8 Å². The number of carbonyl (C=O) groups is 1. The Morgan fingerprint density at radius 1 is 1.38 bits per heavy atom. The van der Waals surface area contributed by atoms with Crippen LogP contribution in [0.3, 0.4) is 0 Å². The maximum absolute atomic E-state index is 12.0. The third-order valence-corrected chi connectivity index (χ3v) is 8.05. The van der Waals surface area contributed by atoms with Crippen molar-refractivity contribution in [2.24, 2.45) is 5.10 Å². The SMILES string of the molecule is CC(C)Oc1c(I)cc(C=NNC(=O)CC2(C)SCCS2)cc1I. The van der Waals surface area contributed by atoms with Crippen molar-refractivity contribution in [3.05, 3.63) is 24.8 Å². The van der Waals surface area contributed by atoms with E-state index in [1.165, 1.54) is 0 Å². The molecule has 0 aromatic heterocycles. The lowest BCUT2D eigenvalue weighted by atomic mass is 10.2. The van der Waals surface area contributed by atoms with E-state index in [0.717, 1.165) is 30.0 Å². The van der Waals surface area contributed by atoms with E-state index in [-0.39, 0.29) is 16.1 Å². The molecule has 1 amide bonds. The Morgan fingerprint density at radius 2 is 1.96 bits per heavy atom. The molecule has 4 nitrogen and oxygen atoms in total. The fraction of sp³-hybridized carbons (Fsp3) is 0.500. The first-order chi connectivity index (χ1) is 11.3. The summed E-state index contributed by atoms with van der Waals surface area (Å²) in [5.41, 5.74) is 3.58. The van der Waals surface area contributed by atoms with E-state index in [0.29, 0.717) is 6.42 Å². The van der Waals surface area contributed by atoms with Crippen LogP contribution in [0.5, 0.6) is 5.75 Å². The molecule has 2 rings (SSSR count). The smallest absolute Gasteiger partial charge is 0.242 e. The van der Waals surface area contributed by atoms with E-state index in [1.807, 2.05) is 49.5 Å². The summed E-state index contributed by atoms with van der Waals surface area (Å²) in [6, 6.07) is 4.00. The number of hydrogen-bond donors (Lipinski definition) is 1. The Kier molecular flexibility index (Phi) is 8.00. The molecule has 132 valence electrons. The number of nitrogens with one attached hydrogen (secondary N) is 1. The van der Waals surface area contributed by atoms with Crippen LogP contribution in [0.15, 0.2) is 17.2 Å². The van der Waals surface area contributed by atoms with Crippen molar-refractivity contribution < 1.29 is 9.53 Å². The average Bonchev–Trinajstić information content (AvgIpc) is 2.89. The number of hydrogen-bond acceptors (Lipinski definition) is 5. The van der Waals surface area contributed by atoms with Crippen molar-refractivity contribution in [1.29, 1.82) is 0 Å². The molecule has 24 heavy (non-hydrogen) atoms. The molecular weight excluding hydrogens is 570 g/mol. The van der Waals surface area contributed by atoms with Gasteiger partial charge < -0.3 is 4.74 Å². The minimum absolute atomic E-state index is 0.0137. The summed E-state index contributed by atoms with van der Waals surface area (Å²) in [5.74, 6) is 3.08. The second kappa shape index (κ2) is 9.31. The van der Waals surface area contributed by atoms with Crippen LogP contribution in [-0.2, 0) is 4.79 Å². The number of hydrazone groups is 1. The molecule has 1 aromatic rings. The number of ether oxygens (including phenoxy) is 1. The number of nitrogens with zero attached hydrogens (tertiary/aromatic N) is 1. The molecule has 0 radical (unpaired) electrons. The largest absolute Gasteiger partial charge is 0.489 e. The van der Waals surface area contributed by atoms with Crippen molar-refractivity contribution in [3.8, 4) is 5.75 Å². The Labute approximate surface area is 179 Å². The van der Waals surface area contributed by atoms with Gasteiger partial charge in [0, 0.05) is 11.5 Å². The van der Waals surface area contributed by atoms with Gasteiger partial charge in [-0.3, -0.25) is 4.79 Å². The van der Waals surface area contributed by atoms with Crippen LogP contribution in [0.2, 0.25) is 0 Å². The highest BCUT2D eigenvalue weighted by atomic mass is 127. The Hall–Kier alpha value is 0.320. The highest BCUT2D eigenvalue weighted by Gasteiger charge is 2.32. The lowest BCUT2D eigenvalue weighted by molar-refractivity contribution is -0.121. The quantitative estimate of drug-likeness (QED) is 0.296. The van der Waals surface area contributed by atoms with Crippen LogP contribution in [0, 0.1) is 7.14 Å². The van der Waals surface area contributed by atoms with Gasteiger partial charge in [0.15, 0.2) is 0 Å². The van der Waals surface area contributed by atoms with E-state index < -0.39 is 0 Å². The van der Waals surface area contributed by atoms with Crippen molar-refractivity contribution in [2.45, 2.75) is 37.4 Å². The zero-order valence-electron chi connectivity index (χ0n) is 13.8. The predicted octanol–water partition coefficient (Wildman–Crippen LogP) is 4.72. The van der Waals surface area contributed by atoms with Gasteiger partial charge in [-0.05, 0) is 83.6 Å². The van der Waals surface area contributed by atoms with Crippen LogP contribution >= 0.6 is 68.7 Å². The molecule has 1 heterocycles. The van der Waals surface area contributed by atoms with Gasteiger partial charge in [-0.2, -0.15) is 5.10 Å². The van der Waals surface area contributed by atoms with Crippen molar-refractivity contribution in [3.63, 3.8) is 0 Å². The maximum atomic E-state index is 12.0. The molecule has 0 atom stereocenters. The lowest BCUT2D eigenvalue weighted by Crippen LogP contribution is -2.26. The third-order valence-electron chi connectivity index (χ3n) is 3.16. The standard InChI is InChI=1S/C16H20I2N2O2S2/c1-10(2)22-15-12(17)6-11(7-13(15)18)9-19-20-14(21)8-16(3)23-4-5-24-16/h6-7,9-10H,4-5,8H2,1-3H3,(H,20,21). The van der Waals surface area contributed by atoms with Crippen molar-refractivity contribution in [1.82, 2.24) is 5.43 Å². The molecule has 1 saturated heterocycles. The first-order valence-electron chi connectivity index (χ1n) is 7.54. The van der Waals surface area contributed by atoms with Crippen LogP contribution in [0.25, 0.3) is 0 Å². The summed E-state index contributed by atoms with van der Waals surface area (Å²) in [6.07, 6.45) is 2.30. The first-order valence-corrected chi connectivity index (χ1v) is 11.7. The zero-order valence-corrected chi connectivity index (χ0v) is 19.7. The molecule has 1 aromatic carbocycles. The summed E-state index contributed by atoms with van der Waals surface area (Å²) in [4.78, 5) is 12.0. The van der Waals surface area contributed by atoms with Crippen molar-refractivity contribution >= 4 is 80.8 Å². The summed E-state index contributed by atoms with van der Waals surface area (Å²) in [6.45, 7) is 6.15. The number of amides is 1. The zero-order chi connectivity index (χ0) is 17.7. The Morgan fingerprint density at radius 3 is 2.50 bits per heavy atom. The number of halogens is 2. The van der Waals surface area contributed by atoms with Gasteiger partial charge in [-0.25, -0.2) is 5.43 Å². The van der Waals surface area contributed by atoms with Crippen LogP contribution in [0.1, 0.15) is 32.8 Å². The van der Waals surface area contributed by atoms with Gasteiger partial charge in [-0.15, -0.1) is 23.5 Å². The predicted molar refractivity (Wildman–Crippen MR) is 121 cm³/mol. The molecule has 0 bridgehead atoms. The Bertz CT molecular complexity index is 609. The molecule has 1 N–H and O–H groups in total. The second-order valence-electron chi connectivity index (χ2n) is 5.78. The van der Waals surface area contributed by atoms with E-state index in [9.17, 15) is 4.79 Å². The van der Waals surface area contributed by atoms with Gasteiger partial charge >= 0.3 is 0 Å². The summed E-state index contributed by atoms with van der Waals surface area (Å²) < 4.78 is 7.88. The first kappa shape index (κ1) is 20.6. The van der Waals surface area contributed by atoms with Crippen LogP contribution in [0.4, 0.5) is 0 Å². The summed E-state index contributed by atoms with van der Waals surface area (Å²) in [7, 11) is 0. The molecular formula is C16H20I2N2O2S2. The van der Waals surface area contributed by atoms with E-state index in [2.05, 4.69) is 62.6 Å². The number of carbonyl (C=O) groups excluding carboxylic acids is 1. The number of thioether (sulfide) groups is 2. The monoisotopic (exact) mass is 590 g/mol. The highest BCUT2D eigenvalue weighted by molar-refractivity contribution is 14.1. The Balaban J connectivity index is 1.95. The van der Waals surface area contributed by atoms with Crippen molar-refractivity contribution in [2.75, 3.05) is 11.5 Å². The maximum Gasteiger partial charge on any atom is 0.242 e. The summed E-state index contributed by atoms with van der Waals surface area (Å²) in [5, 5.41) is 4.10. The molecule has 0 spiro atoms. The second-order valence-corrected chi connectivity index (χ2v) is 11.6. The van der Waals surface area contributed by atoms with Gasteiger partial charge in [0.2, 0.25) is 5.91 Å². The molecule has 0 aliphatic carbocycles. The number of benzene rings is 1. The topological polar surface area (TPSA) is 50.7 Å². The fourth-order valence-electron chi connectivity index (χ4n) is 2.17. The van der Waals surface area contributed by atoms with Gasteiger partial charge in [0.25, 0.3) is 0 Å². The van der Waals surface area contributed by atoms with E-state index in [1.54, 1.807) is 6.21 Å². The average molecular weight is 590 g/mol. The number of rotatable bonds is 6. The normalized spacial score (nSPS) is 16.8. The molecule has 1 aliphatic heterocycles. The van der Waals surface area contributed by atoms with Gasteiger partial charge in [-0.1, -0.05) is 0 Å².